The van der Waals surface area contributed by atoms with Gasteiger partial charge in [0.15, 0.2) is 0 Å². The molecule has 0 amide bonds. The minimum atomic E-state index is -4.33. The summed E-state index contributed by atoms with van der Waals surface area (Å²) in [6, 6.07) is 3.33. The summed E-state index contributed by atoms with van der Waals surface area (Å²) in [7, 11) is 0. The van der Waals surface area contributed by atoms with Crippen molar-refractivity contribution in [2.24, 2.45) is 0 Å². The van der Waals surface area contributed by atoms with E-state index in [4.69, 9.17) is 9.84 Å². The SMILES string of the molecule is OCc1cc(Br)c(OCCOCC(F)(F)F)c(Br)c1. The van der Waals surface area contributed by atoms with Crippen molar-refractivity contribution in [3.05, 3.63) is 26.6 Å². The van der Waals surface area contributed by atoms with Crippen LogP contribution in [0, 0.1) is 0 Å². The normalized spacial score (nSPS) is 11.7. The Bertz CT molecular complexity index is 401. The number of rotatable bonds is 6. The number of alkyl halides is 3. The maximum atomic E-state index is 11.8. The summed E-state index contributed by atoms with van der Waals surface area (Å²) in [5.74, 6) is 0.452. The second-order valence-corrected chi connectivity index (χ2v) is 5.27. The number of benzene rings is 1. The lowest BCUT2D eigenvalue weighted by atomic mass is 10.2. The predicted octanol–water partition coefficient (Wildman–Crippen LogP) is 3.66. The van der Waals surface area contributed by atoms with Crippen LogP contribution >= 0.6 is 31.9 Å². The number of hydrogen-bond donors (Lipinski definition) is 1. The fourth-order valence-electron chi connectivity index (χ4n) is 1.23. The van der Waals surface area contributed by atoms with Crippen LogP contribution in [0.25, 0.3) is 0 Å². The van der Waals surface area contributed by atoms with Crippen LogP contribution in [0.15, 0.2) is 21.1 Å². The van der Waals surface area contributed by atoms with Crippen molar-refractivity contribution >= 4 is 31.9 Å². The molecule has 0 saturated carbocycles. The van der Waals surface area contributed by atoms with E-state index in [2.05, 4.69) is 36.6 Å². The lowest BCUT2D eigenvalue weighted by molar-refractivity contribution is -0.175. The first-order chi connectivity index (χ1) is 8.83. The molecule has 1 aromatic rings. The van der Waals surface area contributed by atoms with Gasteiger partial charge in [0.25, 0.3) is 0 Å². The number of aliphatic hydroxyl groups is 1. The van der Waals surface area contributed by atoms with Crippen molar-refractivity contribution in [3.8, 4) is 5.75 Å². The molecule has 108 valence electrons. The average Bonchev–Trinajstić information content (AvgIpc) is 2.30. The van der Waals surface area contributed by atoms with Gasteiger partial charge in [0, 0.05) is 0 Å². The molecule has 1 aromatic carbocycles. The molecule has 0 atom stereocenters. The molecule has 0 aliphatic heterocycles. The zero-order valence-electron chi connectivity index (χ0n) is 9.64. The van der Waals surface area contributed by atoms with Gasteiger partial charge >= 0.3 is 6.18 Å². The predicted molar refractivity (Wildman–Crippen MR) is 70.1 cm³/mol. The van der Waals surface area contributed by atoms with Crippen LogP contribution in [0.5, 0.6) is 5.75 Å². The average molecular weight is 408 g/mol. The second-order valence-electron chi connectivity index (χ2n) is 3.56. The third kappa shape index (κ3) is 6.11. The van der Waals surface area contributed by atoms with Gasteiger partial charge in [-0.05, 0) is 49.6 Å². The Balaban J connectivity index is 2.46. The van der Waals surface area contributed by atoms with E-state index in [0.29, 0.717) is 20.3 Å². The van der Waals surface area contributed by atoms with Gasteiger partial charge in [0.05, 0.1) is 22.2 Å². The maximum absolute atomic E-state index is 11.8. The summed E-state index contributed by atoms with van der Waals surface area (Å²) < 4.78 is 46.4. The minimum Gasteiger partial charge on any atom is -0.489 e. The summed E-state index contributed by atoms with van der Waals surface area (Å²) in [6.07, 6.45) is -4.33. The molecule has 0 fully saturated rings. The molecular formula is C11H11Br2F3O3. The van der Waals surface area contributed by atoms with Crippen molar-refractivity contribution in [2.45, 2.75) is 12.8 Å². The van der Waals surface area contributed by atoms with Gasteiger partial charge in [-0.25, -0.2) is 0 Å². The number of halogens is 5. The summed E-state index contributed by atoms with van der Waals surface area (Å²) in [4.78, 5) is 0. The van der Waals surface area contributed by atoms with Gasteiger partial charge in [-0.2, -0.15) is 13.2 Å². The highest BCUT2D eigenvalue weighted by atomic mass is 79.9. The number of hydrogen-bond acceptors (Lipinski definition) is 3. The van der Waals surface area contributed by atoms with Crippen LogP contribution < -0.4 is 4.74 Å². The molecule has 0 heterocycles. The molecule has 0 saturated heterocycles. The van der Waals surface area contributed by atoms with Gasteiger partial charge in [0.2, 0.25) is 0 Å². The molecule has 0 spiro atoms. The molecule has 0 aromatic heterocycles. The van der Waals surface area contributed by atoms with Crippen molar-refractivity contribution in [1.29, 1.82) is 0 Å². The standard InChI is InChI=1S/C11H11Br2F3O3/c12-8-3-7(5-17)4-9(13)10(8)19-2-1-18-6-11(14,15)16/h3-4,17H,1-2,5-6H2. The monoisotopic (exact) mass is 406 g/mol. The summed E-state index contributed by atoms with van der Waals surface area (Å²) in [5, 5.41) is 8.99. The highest BCUT2D eigenvalue weighted by Gasteiger charge is 2.27. The van der Waals surface area contributed by atoms with Gasteiger partial charge in [-0.1, -0.05) is 0 Å². The fraction of sp³-hybridized carbons (Fsp3) is 0.455. The number of ether oxygens (including phenoxy) is 2. The Labute approximate surface area is 125 Å². The largest absolute Gasteiger partial charge is 0.489 e. The van der Waals surface area contributed by atoms with E-state index >= 15 is 0 Å². The third-order valence-electron chi connectivity index (χ3n) is 1.98. The van der Waals surface area contributed by atoms with Crippen LogP contribution in [0.2, 0.25) is 0 Å². The lowest BCUT2D eigenvalue weighted by Gasteiger charge is -2.12. The number of aliphatic hydroxyl groups excluding tert-OH is 1. The van der Waals surface area contributed by atoms with Crippen molar-refractivity contribution < 1.29 is 27.8 Å². The molecule has 0 radical (unpaired) electrons. The summed E-state index contributed by atoms with van der Waals surface area (Å²) in [5.41, 5.74) is 0.680. The first kappa shape index (κ1) is 16.7. The van der Waals surface area contributed by atoms with E-state index in [1.165, 1.54) is 0 Å². The Morgan fingerprint density at radius 1 is 1.11 bits per heavy atom. The van der Waals surface area contributed by atoms with Crippen molar-refractivity contribution in [3.63, 3.8) is 0 Å². The first-order valence-corrected chi connectivity index (χ1v) is 6.78. The third-order valence-corrected chi connectivity index (χ3v) is 3.16. The molecule has 19 heavy (non-hydrogen) atoms. The van der Waals surface area contributed by atoms with E-state index in [1.807, 2.05) is 0 Å². The van der Waals surface area contributed by atoms with E-state index in [-0.39, 0.29) is 19.8 Å². The topological polar surface area (TPSA) is 38.7 Å². The van der Waals surface area contributed by atoms with E-state index < -0.39 is 12.8 Å². The van der Waals surface area contributed by atoms with Crippen molar-refractivity contribution in [2.75, 3.05) is 19.8 Å². The first-order valence-electron chi connectivity index (χ1n) is 5.19. The minimum absolute atomic E-state index is 0.00818. The summed E-state index contributed by atoms with van der Waals surface area (Å²) >= 11 is 6.51. The van der Waals surface area contributed by atoms with Crippen LogP contribution in [0.3, 0.4) is 0 Å². The molecule has 0 bridgehead atoms. The Morgan fingerprint density at radius 2 is 1.68 bits per heavy atom. The lowest BCUT2D eigenvalue weighted by Crippen LogP contribution is -2.19. The summed E-state index contributed by atoms with van der Waals surface area (Å²) in [6.45, 7) is -1.58. The van der Waals surface area contributed by atoms with Gasteiger partial charge in [-0.3, -0.25) is 0 Å². The Hall–Kier alpha value is -0.310. The van der Waals surface area contributed by atoms with Crippen LogP contribution in [0.1, 0.15) is 5.56 Å². The highest BCUT2D eigenvalue weighted by molar-refractivity contribution is 9.11. The van der Waals surface area contributed by atoms with E-state index in [0.717, 1.165) is 0 Å². The zero-order valence-corrected chi connectivity index (χ0v) is 12.8. The quantitative estimate of drug-likeness (QED) is 0.731. The molecule has 0 unspecified atom stereocenters. The van der Waals surface area contributed by atoms with Gasteiger partial charge in [-0.15, -0.1) is 0 Å². The highest BCUT2D eigenvalue weighted by Crippen LogP contribution is 2.34. The van der Waals surface area contributed by atoms with E-state index in [9.17, 15) is 13.2 Å². The molecule has 0 aliphatic carbocycles. The van der Waals surface area contributed by atoms with Crippen molar-refractivity contribution in [1.82, 2.24) is 0 Å². The van der Waals surface area contributed by atoms with Crippen LogP contribution in [-0.2, 0) is 11.3 Å². The van der Waals surface area contributed by atoms with Gasteiger partial charge in [0.1, 0.15) is 19.0 Å². The van der Waals surface area contributed by atoms with Gasteiger partial charge < -0.3 is 14.6 Å². The van der Waals surface area contributed by atoms with Crippen LogP contribution in [-0.4, -0.2) is 31.1 Å². The molecular weight excluding hydrogens is 397 g/mol. The Morgan fingerprint density at radius 3 is 2.16 bits per heavy atom. The molecule has 1 rings (SSSR count). The fourth-order valence-corrected chi connectivity index (χ4v) is 2.74. The molecule has 1 N–H and O–H groups in total. The smallest absolute Gasteiger partial charge is 0.411 e. The molecule has 0 aliphatic rings. The zero-order chi connectivity index (χ0) is 14.5. The maximum Gasteiger partial charge on any atom is 0.411 e. The Kier molecular flexibility index (Phi) is 6.58. The van der Waals surface area contributed by atoms with E-state index in [1.54, 1.807) is 12.1 Å². The second kappa shape index (κ2) is 7.47. The molecule has 8 heteroatoms. The van der Waals surface area contributed by atoms with Crippen LogP contribution in [0.4, 0.5) is 13.2 Å². The molecule has 3 nitrogen and oxygen atoms in total.